The smallest absolute Gasteiger partial charge is 0.459 e. The predicted molar refractivity (Wildman–Crippen MR) is 61.4 cm³/mol. The van der Waals surface area contributed by atoms with Crippen LogP contribution in [0, 0.1) is 3.57 Å². The highest BCUT2D eigenvalue weighted by atomic mass is 127. The average molecular weight is 342 g/mol. The molecule has 1 rings (SSSR count). The molecule has 0 aliphatic carbocycles. The van der Waals surface area contributed by atoms with Gasteiger partial charge in [0.15, 0.2) is 0 Å². The van der Waals surface area contributed by atoms with Gasteiger partial charge in [0.1, 0.15) is 5.75 Å². The summed E-state index contributed by atoms with van der Waals surface area (Å²) in [6.07, 6.45) is -3.96. The van der Waals surface area contributed by atoms with E-state index in [-0.39, 0.29) is 12.4 Å². The monoisotopic (exact) mass is 342 g/mol. The summed E-state index contributed by atoms with van der Waals surface area (Å²) in [7, 11) is 0. The molecule has 0 fully saturated rings. The summed E-state index contributed by atoms with van der Waals surface area (Å²) in [6, 6.07) is 5.90. The zero-order chi connectivity index (χ0) is 12.2. The number of alkyl halides is 2. The second kappa shape index (κ2) is 5.42. The molecule has 0 amide bonds. The first kappa shape index (κ1) is 13.1. The summed E-state index contributed by atoms with van der Waals surface area (Å²) in [5.74, 6) is -1.77. The minimum Gasteiger partial charge on any atom is -0.459 e. The Balaban J connectivity index is 2.72. The van der Waals surface area contributed by atoms with E-state index in [1.54, 1.807) is 12.1 Å². The molecule has 0 atom stereocenters. The van der Waals surface area contributed by atoms with Gasteiger partial charge in [-0.2, -0.15) is 8.78 Å². The Bertz CT molecular complexity index is 365. The van der Waals surface area contributed by atoms with Gasteiger partial charge in [0.2, 0.25) is 0 Å². The lowest BCUT2D eigenvalue weighted by molar-refractivity contribution is -0.216. The van der Waals surface area contributed by atoms with E-state index in [0.717, 1.165) is 3.57 Å². The number of carbonyl (C=O) groups excluding carboxylic acids is 1. The van der Waals surface area contributed by atoms with E-state index in [0.29, 0.717) is 0 Å². The Hall–Kier alpha value is -0.920. The second-order valence-corrected chi connectivity index (χ2v) is 4.04. The van der Waals surface area contributed by atoms with E-state index in [2.05, 4.69) is 9.47 Å². The molecule has 88 valence electrons. The summed E-state index contributed by atoms with van der Waals surface area (Å²) in [4.78, 5) is 10.8. The summed E-state index contributed by atoms with van der Waals surface area (Å²) < 4.78 is 35.5. The van der Waals surface area contributed by atoms with Gasteiger partial charge in [-0.05, 0) is 53.8 Å². The lowest BCUT2D eigenvalue weighted by Gasteiger charge is -2.15. The van der Waals surface area contributed by atoms with Gasteiger partial charge in [0.25, 0.3) is 0 Å². The number of hydrogen-bond donors (Lipinski definition) is 0. The molecule has 0 saturated carbocycles. The Labute approximate surface area is 105 Å². The Morgan fingerprint density at radius 3 is 2.44 bits per heavy atom. The van der Waals surface area contributed by atoms with Crippen molar-refractivity contribution in [3.63, 3.8) is 0 Å². The van der Waals surface area contributed by atoms with E-state index in [1.165, 1.54) is 19.1 Å². The van der Waals surface area contributed by atoms with Crippen LogP contribution < -0.4 is 4.74 Å². The topological polar surface area (TPSA) is 35.5 Å². The Kier molecular flexibility index (Phi) is 4.45. The first-order valence-corrected chi connectivity index (χ1v) is 5.53. The summed E-state index contributed by atoms with van der Waals surface area (Å²) >= 11 is 2.03. The molecule has 0 N–H and O–H groups in total. The molecule has 0 spiro atoms. The highest BCUT2D eigenvalue weighted by Gasteiger charge is 2.44. The summed E-state index contributed by atoms with van der Waals surface area (Å²) in [5, 5.41) is 0. The third-order valence-corrected chi connectivity index (χ3v) is 2.29. The Morgan fingerprint density at radius 1 is 1.38 bits per heavy atom. The minimum atomic E-state index is -3.96. The van der Waals surface area contributed by atoms with Crippen molar-refractivity contribution >= 4 is 28.6 Å². The molecule has 1 aromatic rings. The SMILES string of the molecule is CCOC(=O)C(F)(F)Oc1ccc(I)cc1. The highest BCUT2D eigenvalue weighted by Crippen LogP contribution is 2.23. The quantitative estimate of drug-likeness (QED) is 0.624. The molecule has 0 saturated heterocycles. The molecule has 6 heteroatoms. The number of carbonyl (C=O) groups is 1. The zero-order valence-electron chi connectivity index (χ0n) is 8.38. The normalized spacial score (nSPS) is 11.0. The van der Waals surface area contributed by atoms with Gasteiger partial charge in [0, 0.05) is 3.57 Å². The largest absolute Gasteiger partial charge is 0.502 e. The molecule has 16 heavy (non-hydrogen) atoms. The molecule has 0 heterocycles. The van der Waals surface area contributed by atoms with Gasteiger partial charge in [-0.15, -0.1) is 0 Å². The van der Waals surface area contributed by atoms with Crippen molar-refractivity contribution in [2.45, 2.75) is 13.0 Å². The van der Waals surface area contributed by atoms with Crippen molar-refractivity contribution in [2.24, 2.45) is 0 Å². The van der Waals surface area contributed by atoms with Crippen LogP contribution in [0.5, 0.6) is 5.75 Å². The van der Waals surface area contributed by atoms with E-state index < -0.39 is 12.1 Å². The third-order valence-electron chi connectivity index (χ3n) is 1.57. The molecular weight excluding hydrogens is 333 g/mol. The van der Waals surface area contributed by atoms with E-state index in [4.69, 9.17) is 0 Å². The number of ether oxygens (including phenoxy) is 2. The van der Waals surface area contributed by atoms with Crippen molar-refractivity contribution in [1.29, 1.82) is 0 Å². The number of esters is 1. The van der Waals surface area contributed by atoms with Crippen molar-refractivity contribution < 1.29 is 23.0 Å². The van der Waals surface area contributed by atoms with Gasteiger partial charge < -0.3 is 9.47 Å². The number of benzene rings is 1. The minimum absolute atomic E-state index is 0.0848. The first-order chi connectivity index (χ1) is 7.45. The molecule has 0 bridgehead atoms. The maximum atomic E-state index is 13.1. The molecule has 0 aliphatic rings. The van der Waals surface area contributed by atoms with Crippen LogP contribution in [0.1, 0.15) is 6.92 Å². The average Bonchev–Trinajstić information content (AvgIpc) is 2.21. The molecule has 1 aromatic carbocycles. The standard InChI is InChI=1S/C10H9F2IO3/c1-2-15-9(14)10(11,12)16-8-5-3-7(13)4-6-8/h3-6H,2H2,1H3. The number of halogens is 3. The van der Waals surface area contributed by atoms with Gasteiger partial charge in [-0.25, -0.2) is 4.79 Å². The fourth-order valence-electron chi connectivity index (χ4n) is 0.907. The fourth-order valence-corrected chi connectivity index (χ4v) is 1.27. The predicted octanol–water partition coefficient (Wildman–Crippen LogP) is 2.83. The van der Waals surface area contributed by atoms with Gasteiger partial charge in [-0.3, -0.25) is 0 Å². The lowest BCUT2D eigenvalue weighted by atomic mass is 10.3. The van der Waals surface area contributed by atoms with Crippen LogP contribution in [-0.2, 0) is 9.53 Å². The van der Waals surface area contributed by atoms with Crippen LogP contribution in [0.2, 0.25) is 0 Å². The van der Waals surface area contributed by atoms with E-state index >= 15 is 0 Å². The molecule has 0 unspecified atom stereocenters. The summed E-state index contributed by atoms with van der Waals surface area (Å²) in [5.41, 5.74) is 0. The van der Waals surface area contributed by atoms with Crippen LogP contribution >= 0.6 is 22.6 Å². The van der Waals surface area contributed by atoms with Gasteiger partial charge >= 0.3 is 12.1 Å². The maximum absolute atomic E-state index is 13.1. The summed E-state index contributed by atoms with van der Waals surface area (Å²) in [6.45, 7) is 1.32. The van der Waals surface area contributed by atoms with Crippen molar-refractivity contribution in [3.05, 3.63) is 27.8 Å². The van der Waals surface area contributed by atoms with Crippen LogP contribution in [0.3, 0.4) is 0 Å². The molecular formula is C10H9F2IO3. The van der Waals surface area contributed by atoms with Crippen LogP contribution in [0.15, 0.2) is 24.3 Å². The number of hydrogen-bond acceptors (Lipinski definition) is 3. The van der Waals surface area contributed by atoms with Gasteiger partial charge in [0.05, 0.1) is 6.61 Å². The molecule has 0 aliphatic heterocycles. The van der Waals surface area contributed by atoms with E-state index in [9.17, 15) is 13.6 Å². The van der Waals surface area contributed by atoms with Crippen LogP contribution in [-0.4, -0.2) is 18.7 Å². The second-order valence-electron chi connectivity index (χ2n) is 2.79. The lowest BCUT2D eigenvalue weighted by Crippen LogP contribution is -2.36. The first-order valence-electron chi connectivity index (χ1n) is 4.45. The highest BCUT2D eigenvalue weighted by molar-refractivity contribution is 14.1. The third kappa shape index (κ3) is 3.58. The van der Waals surface area contributed by atoms with Crippen molar-refractivity contribution in [1.82, 2.24) is 0 Å². The van der Waals surface area contributed by atoms with Crippen molar-refractivity contribution in [2.75, 3.05) is 6.61 Å². The molecule has 0 aromatic heterocycles. The molecule has 0 radical (unpaired) electrons. The zero-order valence-corrected chi connectivity index (χ0v) is 10.5. The molecule has 3 nitrogen and oxygen atoms in total. The van der Waals surface area contributed by atoms with Crippen molar-refractivity contribution in [3.8, 4) is 5.75 Å². The van der Waals surface area contributed by atoms with Crippen LogP contribution in [0.4, 0.5) is 8.78 Å². The fraction of sp³-hybridized carbons (Fsp3) is 0.300. The van der Waals surface area contributed by atoms with Gasteiger partial charge in [-0.1, -0.05) is 0 Å². The number of rotatable bonds is 4. The van der Waals surface area contributed by atoms with Crippen LogP contribution in [0.25, 0.3) is 0 Å². The van der Waals surface area contributed by atoms with E-state index in [1.807, 2.05) is 22.6 Å². The Morgan fingerprint density at radius 2 is 1.94 bits per heavy atom. The maximum Gasteiger partial charge on any atom is 0.502 e.